The maximum absolute atomic E-state index is 14.1. The summed E-state index contributed by atoms with van der Waals surface area (Å²) in [5, 5.41) is 3.05. The van der Waals surface area contributed by atoms with E-state index >= 15 is 0 Å². The van der Waals surface area contributed by atoms with Gasteiger partial charge in [0.15, 0.2) is 11.4 Å². The lowest BCUT2D eigenvalue weighted by Crippen LogP contribution is -2.40. The quantitative estimate of drug-likeness (QED) is 0.392. The van der Waals surface area contributed by atoms with Gasteiger partial charge in [0.2, 0.25) is 0 Å². The lowest BCUT2D eigenvalue weighted by molar-refractivity contribution is -0.137. The molecule has 3 aromatic rings. The molecule has 200 valence electrons. The van der Waals surface area contributed by atoms with Gasteiger partial charge < -0.3 is 15.0 Å². The SMILES string of the molecule is Cc1ccc(OCc2ccc(F)cc2F)c(C(=O)N2CC3(CC3)CC2CNc2ccc(C(F)(F)F)cn2)n1. The Kier molecular flexibility index (Phi) is 6.70. The summed E-state index contributed by atoms with van der Waals surface area (Å²) in [7, 11) is 0. The minimum absolute atomic E-state index is 0.0255. The van der Waals surface area contributed by atoms with Gasteiger partial charge in [-0.2, -0.15) is 13.2 Å². The summed E-state index contributed by atoms with van der Waals surface area (Å²) >= 11 is 0. The van der Waals surface area contributed by atoms with Crippen molar-refractivity contribution in [1.82, 2.24) is 14.9 Å². The van der Waals surface area contributed by atoms with E-state index in [2.05, 4.69) is 15.3 Å². The first kappa shape index (κ1) is 25.9. The summed E-state index contributed by atoms with van der Waals surface area (Å²) in [6.07, 6.45) is -0.982. The van der Waals surface area contributed by atoms with E-state index in [-0.39, 0.29) is 46.8 Å². The molecule has 6 nitrogen and oxygen atoms in total. The minimum atomic E-state index is -4.47. The molecule has 1 saturated heterocycles. The number of nitrogens with zero attached hydrogens (tertiary/aromatic N) is 3. The Bertz CT molecular complexity index is 1340. The maximum Gasteiger partial charge on any atom is 0.417 e. The summed E-state index contributed by atoms with van der Waals surface area (Å²) in [6.45, 7) is 2.35. The van der Waals surface area contributed by atoms with Gasteiger partial charge in [-0.1, -0.05) is 0 Å². The molecule has 0 radical (unpaired) electrons. The van der Waals surface area contributed by atoms with Gasteiger partial charge in [0.1, 0.15) is 24.1 Å². The minimum Gasteiger partial charge on any atom is -0.486 e. The summed E-state index contributed by atoms with van der Waals surface area (Å²) < 4.78 is 71.6. The zero-order valence-electron chi connectivity index (χ0n) is 20.5. The number of likely N-dealkylation sites (tertiary alicyclic amines) is 1. The maximum atomic E-state index is 14.1. The van der Waals surface area contributed by atoms with E-state index in [1.54, 1.807) is 24.0 Å². The molecule has 1 unspecified atom stereocenters. The van der Waals surface area contributed by atoms with Gasteiger partial charge in [-0.25, -0.2) is 18.7 Å². The highest BCUT2D eigenvalue weighted by atomic mass is 19.4. The number of ether oxygens (including phenoxy) is 1. The normalized spacial score (nSPS) is 18.1. The molecule has 0 bridgehead atoms. The molecule has 1 atom stereocenters. The number of nitrogens with one attached hydrogen (secondary N) is 1. The van der Waals surface area contributed by atoms with Gasteiger partial charge in [-0.3, -0.25) is 4.79 Å². The van der Waals surface area contributed by atoms with Crippen molar-refractivity contribution in [1.29, 1.82) is 0 Å². The first-order valence-corrected chi connectivity index (χ1v) is 12.2. The van der Waals surface area contributed by atoms with Crippen LogP contribution in [0.3, 0.4) is 0 Å². The van der Waals surface area contributed by atoms with Crippen LogP contribution in [0.1, 0.15) is 46.6 Å². The molecule has 2 fully saturated rings. The lowest BCUT2D eigenvalue weighted by atomic mass is 10.0. The molecular weight excluding hydrogens is 507 g/mol. The van der Waals surface area contributed by atoms with Crippen molar-refractivity contribution in [2.75, 3.05) is 18.4 Å². The van der Waals surface area contributed by atoms with E-state index in [4.69, 9.17) is 4.74 Å². The Balaban J connectivity index is 1.32. The Morgan fingerprint density at radius 3 is 2.61 bits per heavy atom. The van der Waals surface area contributed by atoms with E-state index in [1.165, 1.54) is 12.1 Å². The number of benzene rings is 1. The Morgan fingerprint density at radius 2 is 1.95 bits per heavy atom. The van der Waals surface area contributed by atoms with Crippen molar-refractivity contribution in [3.05, 3.63) is 82.8 Å². The first-order valence-electron chi connectivity index (χ1n) is 12.2. The molecule has 1 saturated carbocycles. The molecule has 5 rings (SSSR count). The van der Waals surface area contributed by atoms with Crippen LogP contribution in [0.4, 0.5) is 27.8 Å². The number of carbonyl (C=O) groups is 1. The highest BCUT2D eigenvalue weighted by molar-refractivity contribution is 5.95. The number of halogens is 5. The standard InChI is InChI=1S/C27H25F5N4O2/c1-16-2-6-22(38-14-17-3-5-19(28)10-21(17)29)24(35-16)25(37)36-15-26(8-9-26)11-20(36)13-34-23-7-4-18(12-33-23)27(30,31)32/h2-7,10,12,20H,8-9,11,13-15H2,1H3,(H,33,34). The molecule has 3 heterocycles. The number of hydrogen-bond donors (Lipinski definition) is 1. The van der Waals surface area contributed by atoms with Gasteiger partial charge in [0, 0.05) is 42.7 Å². The summed E-state index contributed by atoms with van der Waals surface area (Å²) in [4.78, 5) is 23.7. The molecule has 38 heavy (non-hydrogen) atoms. The number of rotatable bonds is 7. The van der Waals surface area contributed by atoms with Crippen LogP contribution in [-0.4, -0.2) is 39.9 Å². The summed E-state index contributed by atoms with van der Waals surface area (Å²) in [5.74, 6) is -1.35. The number of pyridine rings is 2. The number of aryl methyl sites for hydroxylation is 1. The zero-order valence-corrected chi connectivity index (χ0v) is 20.5. The second-order valence-electron chi connectivity index (χ2n) is 9.93. The van der Waals surface area contributed by atoms with Gasteiger partial charge >= 0.3 is 6.18 Å². The number of carbonyl (C=O) groups excluding carboxylic acids is 1. The molecule has 1 aromatic carbocycles. The molecule has 1 amide bonds. The summed E-state index contributed by atoms with van der Waals surface area (Å²) in [5.41, 5.74) is 0.00353. The molecule has 1 aliphatic heterocycles. The van der Waals surface area contributed by atoms with Crippen LogP contribution in [0.15, 0.2) is 48.7 Å². The third-order valence-corrected chi connectivity index (χ3v) is 7.04. The second kappa shape index (κ2) is 9.85. The smallest absolute Gasteiger partial charge is 0.417 e. The van der Waals surface area contributed by atoms with Gasteiger partial charge in [0.05, 0.1) is 5.56 Å². The first-order chi connectivity index (χ1) is 18.0. The van der Waals surface area contributed by atoms with Gasteiger partial charge in [-0.15, -0.1) is 0 Å². The Hall–Kier alpha value is -3.76. The third kappa shape index (κ3) is 5.56. The predicted octanol–water partition coefficient (Wildman–Crippen LogP) is 5.77. The van der Waals surface area contributed by atoms with Crippen molar-refractivity contribution >= 4 is 11.7 Å². The second-order valence-corrected chi connectivity index (χ2v) is 9.93. The fourth-order valence-corrected chi connectivity index (χ4v) is 4.76. The van der Waals surface area contributed by atoms with Crippen molar-refractivity contribution in [2.24, 2.45) is 5.41 Å². The van der Waals surface area contributed by atoms with Crippen LogP contribution in [0.2, 0.25) is 0 Å². The highest BCUT2D eigenvalue weighted by Gasteiger charge is 2.53. The number of anilines is 1. The molecule has 1 aliphatic carbocycles. The van der Waals surface area contributed by atoms with Crippen LogP contribution < -0.4 is 10.1 Å². The van der Waals surface area contributed by atoms with Gasteiger partial charge in [-0.05, 0) is 68.0 Å². The lowest BCUT2D eigenvalue weighted by Gasteiger charge is -2.26. The molecule has 11 heteroatoms. The van der Waals surface area contributed by atoms with E-state index in [1.807, 2.05) is 0 Å². The van der Waals surface area contributed by atoms with Crippen molar-refractivity contribution in [2.45, 2.75) is 45.0 Å². The Morgan fingerprint density at radius 1 is 1.16 bits per heavy atom. The van der Waals surface area contributed by atoms with E-state index < -0.39 is 23.4 Å². The molecule has 2 aliphatic rings. The highest BCUT2D eigenvalue weighted by Crippen LogP contribution is 2.55. The van der Waals surface area contributed by atoms with Crippen molar-refractivity contribution in [3.63, 3.8) is 0 Å². The number of amides is 1. The largest absolute Gasteiger partial charge is 0.486 e. The van der Waals surface area contributed by atoms with E-state index in [0.717, 1.165) is 43.7 Å². The molecule has 2 aromatic heterocycles. The van der Waals surface area contributed by atoms with Crippen LogP contribution in [0.25, 0.3) is 0 Å². The topological polar surface area (TPSA) is 67.3 Å². The number of aromatic nitrogens is 2. The van der Waals surface area contributed by atoms with Crippen molar-refractivity contribution in [3.8, 4) is 5.75 Å². The fraction of sp³-hybridized carbons (Fsp3) is 0.370. The average molecular weight is 533 g/mol. The molecular formula is C27H25F5N4O2. The monoisotopic (exact) mass is 532 g/mol. The van der Waals surface area contributed by atoms with E-state index in [0.29, 0.717) is 18.8 Å². The zero-order chi connectivity index (χ0) is 27.1. The number of alkyl halides is 3. The molecule has 1 spiro atoms. The predicted molar refractivity (Wildman–Crippen MR) is 129 cm³/mol. The van der Waals surface area contributed by atoms with Crippen LogP contribution in [0, 0.1) is 24.0 Å². The average Bonchev–Trinajstić information content (AvgIpc) is 3.53. The Labute approximate surface area is 215 Å². The van der Waals surface area contributed by atoms with Crippen LogP contribution in [-0.2, 0) is 12.8 Å². The van der Waals surface area contributed by atoms with Crippen molar-refractivity contribution < 1.29 is 31.5 Å². The number of hydrogen-bond acceptors (Lipinski definition) is 5. The third-order valence-electron chi connectivity index (χ3n) is 7.04. The summed E-state index contributed by atoms with van der Waals surface area (Å²) in [6, 6.07) is 8.43. The van der Waals surface area contributed by atoms with Crippen LogP contribution in [0.5, 0.6) is 5.75 Å². The van der Waals surface area contributed by atoms with E-state index in [9.17, 15) is 26.7 Å². The molecule has 1 N–H and O–H groups in total. The fourth-order valence-electron chi connectivity index (χ4n) is 4.76. The van der Waals surface area contributed by atoms with Crippen LogP contribution >= 0.6 is 0 Å². The van der Waals surface area contributed by atoms with Gasteiger partial charge in [0.25, 0.3) is 5.91 Å².